The number of halogens is 1. The molecular formula is C23H16FN3O. The summed E-state index contributed by atoms with van der Waals surface area (Å²) in [6.07, 6.45) is 0. The molecule has 136 valence electrons. The smallest absolute Gasteiger partial charge is 0.238 e. The minimum Gasteiger partial charge on any atom is -0.355 e. The lowest BCUT2D eigenvalue weighted by Gasteiger charge is -2.15. The van der Waals surface area contributed by atoms with Crippen LogP contribution in [-0.4, -0.2) is 10.9 Å². The van der Waals surface area contributed by atoms with Crippen LogP contribution in [0, 0.1) is 5.82 Å². The molecule has 2 heterocycles. The standard InChI is InChI=1S/C23H16FN3O/c24-14-6-5-7-15(12-14)25-20-13-21(26-18-10-3-1-8-16(18)20)22-17-9-2-4-11-19(17)27-23(22)28/h1-13,22H,(H,25,26)(H,27,28). The molecule has 0 aliphatic carbocycles. The van der Waals surface area contributed by atoms with Gasteiger partial charge in [-0.25, -0.2) is 4.39 Å². The summed E-state index contributed by atoms with van der Waals surface area (Å²) < 4.78 is 13.6. The molecule has 0 radical (unpaired) electrons. The van der Waals surface area contributed by atoms with Gasteiger partial charge in [-0.1, -0.05) is 42.5 Å². The highest BCUT2D eigenvalue weighted by molar-refractivity contribution is 6.05. The Morgan fingerprint density at radius 1 is 0.929 bits per heavy atom. The van der Waals surface area contributed by atoms with Crippen LogP contribution in [0.5, 0.6) is 0 Å². The number of rotatable bonds is 3. The van der Waals surface area contributed by atoms with Crippen LogP contribution in [0.15, 0.2) is 78.9 Å². The Morgan fingerprint density at radius 2 is 1.75 bits per heavy atom. The second-order valence-corrected chi connectivity index (χ2v) is 6.76. The summed E-state index contributed by atoms with van der Waals surface area (Å²) in [7, 11) is 0. The van der Waals surface area contributed by atoms with E-state index in [4.69, 9.17) is 4.98 Å². The zero-order valence-electron chi connectivity index (χ0n) is 14.8. The lowest BCUT2D eigenvalue weighted by molar-refractivity contribution is -0.116. The van der Waals surface area contributed by atoms with Crippen LogP contribution in [0.1, 0.15) is 17.2 Å². The average Bonchev–Trinajstić information content (AvgIpc) is 3.03. The van der Waals surface area contributed by atoms with E-state index in [1.54, 1.807) is 12.1 Å². The number of pyridine rings is 1. The highest BCUT2D eigenvalue weighted by Crippen LogP contribution is 2.38. The second-order valence-electron chi connectivity index (χ2n) is 6.76. The summed E-state index contributed by atoms with van der Waals surface area (Å²) in [5, 5.41) is 7.11. The molecule has 1 aliphatic heterocycles. The number of nitrogens with zero attached hydrogens (tertiary/aromatic N) is 1. The predicted molar refractivity (Wildman–Crippen MR) is 108 cm³/mol. The molecule has 1 unspecified atom stereocenters. The van der Waals surface area contributed by atoms with Gasteiger partial charge < -0.3 is 10.6 Å². The number of nitrogens with one attached hydrogen (secondary N) is 2. The topological polar surface area (TPSA) is 54.0 Å². The van der Waals surface area contributed by atoms with Crippen molar-refractivity contribution in [3.05, 3.63) is 95.9 Å². The number of anilines is 3. The van der Waals surface area contributed by atoms with Crippen molar-refractivity contribution in [1.82, 2.24) is 4.98 Å². The number of amides is 1. The van der Waals surface area contributed by atoms with Gasteiger partial charge in [-0.15, -0.1) is 0 Å². The zero-order valence-corrected chi connectivity index (χ0v) is 14.8. The van der Waals surface area contributed by atoms with Crippen LogP contribution in [0.25, 0.3) is 10.9 Å². The fraction of sp³-hybridized carbons (Fsp3) is 0.0435. The number of hydrogen-bond acceptors (Lipinski definition) is 3. The first-order valence-corrected chi connectivity index (χ1v) is 9.01. The van der Waals surface area contributed by atoms with Crippen molar-refractivity contribution in [2.75, 3.05) is 10.6 Å². The SMILES string of the molecule is O=C1Nc2ccccc2C1c1cc(Nc2cccc(F)c2)c2ccccc2n1. The van der Waals surface area contributed by atoms with Crippen molar-refractivity contribution >= 4 is 33.9 Å². The Hall–Kier alpha value is -3.73. The van der Waals surface area contributed by atoms with Crippen LogP contribution < -0.4 is 10.6 Å². The fourth-order valence-corrected chi connectivity index (χ4v) is 3.67. The van der Waals surface area contributed by atoms with Gasteiger partial charge in [0.25, 0.3) is 0 Å². The molecule has 0 bridgehead atoms. The number of fused-ring (bicyclic) bond motifs is 2. The summed E-state index contributed by atoms with van der Waals surface area (Å²) >= 11 is 0. The van der Waals surface area contributed by atoms with E-state index in [0.717, 1.165) is 27.8 Å². The van der Waals surface area contributed by atoms with Crippen LogP contribution in [0.3, 0.4) is 0 Å². The molecule has 0 spiro atoms. The van der Waals surface area contributed by atoms with Crippen molar-refractivity contribution in [1.29, 1.82) is 0 Å². The lowest BCUT2D eigenvalue weighted by atomic mass is 9.95. The van der Waals surface area contributed by atoms with E-state index in [9.17, 15) is 9.18 Å². The third-order valence-corrected chi connectivity index (χ3v) is 4.93. The Balaban J connectivity index is 1.66. The van der Waals surface area contributed by atoms with E-state index in [1.807, 2.05) is 54.6 Å². The number of aromatic nitrogens is 1. The first kappa shape index (κ1) is 16.4. The molecule has 2 N–H and O–H groups in total. The van der Waals surface area contributed by atoms with E-state index in [1.165, 1.54) is 12.1 Å². The molecule has 4 aromatic rings. The van der Waals surface area contributed by atoms with Crippen molar-refractivity contribution in [3.63, 3.8) is 0 Å². The molecule has 0 saturated heterocycles. The Labute approximate surface area is 161 Å². The fourth-order valence-electron chi connectivity index (χ4n) is 3.67. The molecular weight excluding hydrogens is 353 g/mol. The predicted octanol–water partition coefficient (Wildman–Crippen LogP) is 5.20. The Bertz CT molecular complexity index is 1220. The Kier molecular flexibility index (Phi) is 3.79. The quantitative estimate of drug-likeness (QED) is 0.522. The minimum absolute atomic E-state index is 0.0966. The van der Waals surface area contributed by atoms with Crippen molar-refractivity contribution in [2.45, 2.75) is 5.92 Å². The van der Waals surface area contributed by atoms with Crippen LogP contribution in [-0.2, 0) is 4.79 Å². The molecule has 0 saturated carbocycles. The molecule has 1 aromatic heterocycles. The third kappa shape index (κ3) is 2.77. The van der Waals surface area contributed by atoms with Crippen molar-refractivity contribution in [2.24, 2.45) is 0 Å². The van der Waals surface area contributed by atoms with Gasteiger partial charge in [-0.05, 0) is 42.0 Å². The van der Waals surface area contributed by atoms with E-state index in [2.05, 4.69) is 10.6 Å². The monoisotopic (exact) mass is 369 g/mol. The first-order valence-electron chi connectivity index (χ1n) is 9.01. The largest absolute Gasteiger partial charge is 0.355 e. The van der Waals surface area contributed by atoms with Crippen molar-refractivity contribution < 1.29 is 9.18 Å². The maximum atomic E-state index is 13.6. The zero-order chi connectivity index (χ0) is 19.1. The maximum absolute atomic E-state index is 13.6. The van der Waals surface area contributed by atoms with Gasteiger partial charge in [0, 0.05) is 22.4 Å². The van der Waals surface area contributed by atoms with Crippen LogP contribution in [0.2, 0.25) is 0 Å². The molecule has 3 aromatic carbocycles. The summed E-state index contributed by atoms with van der Waals surface area (Å²) in [4.78, 5) is 17.4. The van der Waals surface area contributed by atoms with E-state index < -0.39 is 5.92 Å². The van der Waals surface area contributed by atoms with E-state index >= 15 is 0 Å². The number of carbonyl (C=O) groups is 1. The van der Waals surface area contributed by atoms with Crippen molar-refractivity contribution in [3.8, 4) is 0 Å². The minimum atomic E-state index is -0.478. The highest BCUT2D eigenvalue weighted by atomic mass is 19.1. The van der Waals surface area contributed by atoms with Gasteiger partial charge in [-0.2, -0.15) is 0 Å². The highest BCUT2D eigenvalue weighted by Gasteiger charge is 2.33. The molecule has 5 rings (SSSR count). The van der Waals surface area contributed by atoms with E-state index in [-0.39, 0.29) is 11.7 Å². The maximum Gasteiger partial charge on any atom is 0.238 e. The number of benzene rings is 3. The van der Waals surface area contributed by atoms with E-state index in [0.29, 0.717) is 11.4 Å². The normalized spacial score (nSPS) is 15.3. The molecule has 1 atom stereocenters. The van der Waals surface area contributed by atoms with Crippen LogP contribution in [0.4, 0.5) is 21.5 Å². The van der Waals surface area contributed by atoms with Gasteiger partial charge in [0.2, 0.25) is 5.91 Å². The molecule has 4 nitrogen and oxygen atoms in total. The Morgan fingerprint density at radius 3 is 2.64 bits per heavy atom. The molecule has 1 amide bonds. The number of hydrogen-bond donors (Lipinski definition) is 2. The van der Waals surface area contributed by atoms with Gasteiger partial charge >= 0.3 is 0 Å². The molecule has 28 heavy (non-hydrogen) atoms. The van der Waals surface area contributed by atoms with Gasteiger partial charge in [0.15, 0.2) is 0 Å². The molecule has 1 aliphatic rings. The summed E-state index contributed by atoms with van der Waals surface area (Å²) in [6, 6.07) is 23.5. The third-order valence-electron chi connectivity index (χ3n) is 4.93. The summed E-state index contributed by atoms with van der Waals surface area (Å²) in [5.74, 6) is -0.887. The number of carbonyl (C=O) groups excluding carboxylic acids is 1. The van der Waals surface area contributed by atoms with Gasteiger partial charge in [0.1, 0.15) is 11.7 Å². The first-order chi connectivity index (χ1) is 13.7. The average molecular weight is 369 g/mol. The van der Waals surface area contributed by atoms with Gasteiger partial charge in [-0.3, -0.25) is 9.78 Å². The summed E-state index contributed by atoms with van der Waals surface area (Å²) in [5.41, 5.74) is 4.57. The molecule has 5 heteroatoms. The summed E-state index contributed by atoms with van der Waals surface area (Å²) in [6.45, 7) is 0. The molecule has 0 fully saturated rings. The lowest BCUT2D eigenvalue weighted by Crippen LogP contribution is -2.14. The van der Waals surface area contributed by atoms with Crippen LogP contribution >= 0.6 is 0 Å². The number of para-hydroxylation sites is 2. The second kappa shape index (κ2) is 6.46. The van der Waals surface area contributed by atoms with Gasteiger partial charge in [0.05, 0.1) is 11.2 Å².